The van der Waals surface area contributed by atoms with Crippen molar-refractivity contribution in [2.45, 2.75) is 18.4 Å². The zero-order valence-corrected chi connectivity index (χ0v) is 12.6. The van der Waals surface area contributed by atoms with Gasteiger partial charge < -0.3 is 10.5 Å². The van der Waals surface area contributed by atoms with Gasteiger partial charge in [0.05, 0.1) is 12.0 Å². The number of methoxy groups -OCH3 is 1. The van der Waals surface area contributed by atoms with E-state index in [9.17, 15) is 8.42 Å². The Morgan fingerprint density at radius 2 is 2.05 bits per heavy atom. The van der Waals surface area contributed by atoms with Gasteiger partial charge in [0.2, 0.25) is 15.9 Å². The van der Waals surface area contributed by atoms with Crippen LogP contribution in [0, 0.1) is 6.92 Å². The van der Waals surface area contributed by atoms with Gasteiger partial charge in [-0.3, -0.25) is 0 Å². The van der Waals surface area contributed by atoms with E-state index < -0.39 is 10.0 Å². The second-order valence-electron chi connectivity index (χ2n) is 4.56. The number of hydrogen-bond acceptors (Lipinski definition) is 5. The summed E-state index contributed by atoms with van der Waals surface area (Å²) < 4.78 is 32.1. The summed E-state index contributed by atoms with van der Waals surface area (Å²) in [6.45, 7) is 1.87. The van der Waals surface area contributed by atoms with Crippen LogP contribution < -0.4 is 15.2 Å². The molecule has 1 aromatic carbocycles. The molecule has 0 aliphatic heterocycles. The van der Waals surface area contributed by atoms with Crippen LogP contribution >= 0.6 is 0 Å². The molecule has 0 fully saturated rings. The van der Waals surface area contributed by atoms with Crippen LogP contribution in [-0.2, 0) is 16.6 Å². The van der Waals surface area contributed by atoms with Crippen LogP contribution in [-0.4, -0.2) is 20.5 Å². The molecule has 21 heavy (non-hydrogen) atoms. The average Bonchev–Trinajstić information content (AvgIpc) is 2.48. The molecular formula is C14H17N3O3S. The predicted octanol–water partition coefficient (Wildman–Crippen LogP) is 1.46. The fraction of sp³-hybridized carbons (Fsp3) is 0.214. The van der Waals surface area contributed by atoms with E-state index in [1.165, 1.54) is 13.2 Å². The van der Waals surface area contributed by atoms with Gasteiger partial charge in [0.15, 0.2) is 0 Å². The number of sulfonamides is 1. The number of benzene rings is 1. The molecule has 0 spiro atoms. The molecule has 0 saturated carbocycles. The number of ether oxygens (including phenoxy) is 1. The zero-order chi connectivity index (χ0) is 15.5. The van der Waals surface area contributed by atoms with Crippen molar-refractivity contribution in [1.29, 1.82) is 0 Å². The normalized spacial score (nSPS) is 11.3. The Hall–Kier alpha value is -2.12. The number of nitrogen functional groups attached to an aromatic ring is 1. The van der Waals surface area contributed by atoms with Crippen molar-refractivity contribution in [3.8, 4) is 5.88 Å². The van der Waals surface area contributed by atoms with E-state index in [2.05, 4.69) is 9.71 Å². The van der Waals surface area contributed by atoms with Crippen LogP contribution in [0.2, 0.25) is 0 Å². The lowest BCUT2D eigenvalue weighted by atomic mass is 10.2. The predicted molar refractivity (Wildman–Crippen MR) is 80.4 cm³/mol. The number of aromatic nitrogens is 1. The summed E-state index contributed by atoms with van der Waals surface area (Å²) in [6.07, 6.45) is 1.56. The Morgan fingerprint density at radius 3 is 2.67 bits per heavy atom. The molecule has 112 valence electrons. The Morgan fingerprint density at radius 1 is 1.29 bits per heavy atom. The Kier molecular flexibility index (Phi) is 4.44. The molecular weight excluding hydrogens is 290 g/mol. The van der Waals surface area contributed by atoms with E-state index >= 15 is 0 Å². The van der Waals surface area contributed by atoms with Crippen LogP contribution in [0.4, 0.5) is 5.69 Å². The lowest BCUT2D eigenvalue weighted by Crippen LogP contribution is -2.24. The maximum absolute atomic E-state index is 12.3. The van der Waals surface area contributed by atoms with Crippen LogP contribution in [0.5, 0.6) is 5.88 Å². The summed E-state index contributed by atoms with van der Waals surface area (Å²) in [7, 11) is -2.10. The summed E-state index contributed by atoms with van der Waals surface area (Å²) in [5.41, 5.74) is 7.44. The smallest absolute Gasteiger partial charge is 0.241 e. The van der Waals surface area contributed by atoms with Gasteiger partial charge in [-0.15, -0.1) is 0 Å². The first-order valence-corrected chi connectivity index (χ1v) is 7.75. The summed E-state index contributed by atoms with van der Waals surface area (Å²) in [6, 6.07) is 8.22. The SMILES string of the molecule is COc1ccc(CNS(=O)(=O)c2cc(N)ccc2C)cn1. The Bertz CT molecular complexity index is 728. The number of aryl methyl sites for hydroxylation is 1. The molecule has 0 unspecified atom stereocenters. The molecule has 1 heterocycles. The number of rotatable bonds is 5. The Labute approximate surface area is 124 Å². The molecule has 0 radical (unpaired) electrons. The van der Waals surface area contributed by atoms with E-state index in [-0.39, 0.29) is 11.4 Å². The van der Waals surface area contributed by atoms with Gasteiger partial charge in [0.25, 0.3) is 0 Å². The second kappa shape index (κ2) is 6.11. The quantitative estimate of drug-likeness (QED) is 0.816. The molecule has 2 rings (SSSR count). The maximum Gasteiger partial charge on any atom is 0.241 e. The molecule has 0 aliphatic rings. The molecule has 7 heteroatoms. The van der Waals surface area contributed by atoms with Gasteiger partial charge in [0.1, 0.15) is 0 Å². The molecule has 0 atom stereocenters. The van der Waals surface area contributed by atoms with Crippen molar-refractivity contribution in [3.05, 3.63) is 47.7 Å². The minimum Gasteiger partial charge on any atom is -0.481 e. The van der Waals surface area contributed by atoms with Crippen molar-refractivity contribution >= 4 is 15.7 Å². The number of hydrogen-bond donors (Lipinski definition) is 2. The topological polar surface area (TPSA) is 94.3 Å². The number of nitrogens with one attached hydrogen (secondary N) is 1. The first kappa shape index (κ1) is 15.3. The summed E-state index contributed by atoms with van der Waals surface area (Å²) >= 11 is 0. The van der Waals surface area contributed by atoms with Gasteiger partial charge in [-0.25, -0.2) is 18.1 Å². The second-order valence-corrected chi connectivity index (χ2v) is 6.29. The van der Waals surface area contributed by atoms with Crippen LogP contribution in [0.15, 0.2) is 41.4 Å². The highest BCUT2D eigenvalue weighted by Crippen LogP contribution is 2.18. The molecule has 2 aromatic rings. The standard InChI is InChI=1S/C14H17N3O3S/c1-10-3-5-12(15)7-13(10)21(18,19)17-9-11-4-6-14(20-2)16-8-11/h3-8,17H,9,15H2,1-2H3. The number of anilines is 1. The molecule has 0 aliphatic carbocycles. The summed E-state index contributed by atoms with van der Waals surface area (Å²) in [4.78, 5) is 4.21. The lowest BCUT2D eigenvalue weighted by Gasteiger charge is -2.10. The summed E-state index contributed by atoms with van der Waals surface area (Å²) in [5.74, 6) is 0.480. The third kappa shape index (κ3) is 3.71. The van der Waals surface area contributed by atoms with Gasteiger partial charge in [-0.2, -0.15) is 0 Å². The highest BCUT2D eigenvalue weighted by atomic mass is 32.2. The van der Waals surface area contributed by atoms with Gasteiger partial charge in [0, 0.05) is 24.5 Å². The number of nitrogens with zero attached hydrogens (tertiary/aromatic N) is 1. The fourth-order valence-corrected chi connectivity index (χ4v) is 3.09. The minimum absolute atomic E-state index is 0.146. The first-order chi connectivity index (χ1) is 9.92. The number of pyridine rings is 1. The first-order valence-electron chi connectivity index (χ1n) is 6.27. The molecule has 6 nitrogen and oxygen atoms in total. The minimum atomic E-state index is -3.62. The van der Waals surface area contributed by atoms with E-state index in [1.54, 1.807) is 37.4 Å². The summed E-state index contributed by atoms with van der Waals surface area (Å²) in [5, 5.41) is 0. The van der Waals surface area contributed by atoms with Crippen LogP contribution in [0.25, 0.3) is 0 Å². The molecule has 3 N–H and O–H groups in total. The fourth-order valence-electron chi connectivity index (χ4n) is 1.80. The van der Waals surface area contributed by atoms with Crippen molar-refractivity contribution in [1.82, 2.24) is 9.71 Å². The van der Waals surface area contributed by atoms with Crippen molar-refractivity contribution in [2.24, 2.45) is 0 Å². The van der Waals surface area contributed by atoms with Crippen molar-refractivity contribution in [2.75, 3.05) is 12.8 Å². The van der Waals surface area contributed by atoms with Crippen LogP contribution in [0.3, 0.4) is 0 Å². The van der Waals surface area contributed by atoms with Gasteiger partial charge >= 0.3 is 0 Å². The van der Waals surface area contributed by atoms with Gasteiger partial charge in [-0.05, 0) is 30.2 Å². The molecule has 1 aromatic heterocycles. The average molecular weight is 307 g/mol. The molecule has 0 bridgehead atoms. The van der Waals surface area contributed by atoms with E-state index in [4.69, 9.17) is 10.5 Å². The molecule has 0 amide bonds. The Balaban J connectivity index is 2.15. The van der Waals surface area contributed by atoms with E-state index in [1.807, 2.05) is 0 Å². The monoisotopic (exact) mass is 307 g/mol. The third-order valence-electron chi connectivity index (χ3n) is 2.97. The number of nitrogens with two attached hydrogens (primary N) is 1. The van der Waals surface area contributed by atoms with Gasteiger partial charge in [-0.1, -0.05) is 12.1 Å². The largest absolute Gasteiger partial charge is 0.481 e. The highest BCUT2D eigenvalue weighted by Gasteiger charge is 2.16. The molecule has 0 saturated heterocycles. The lowest BCUT2D eigenvalue weighted by molar-refractivity contribution is 0.397. The third-order valence-corrected chi connectivity index (χ3v) is 4.52. The highest BCUT2D eigenvalue weighted by molar-refractivity contribution is 7.89. The van der Waals surface area contributed by atoms with E-state index in [0.29, 0.717) is 17.1 Å². The van der Waals surface area contributed by atoms with Crippen molar-refractivity contribution in [3.63, 3.8) is 0 Å². The van der Waals surface area contributed by atoms with Crippen molar-refractivity contribution < 1.29 is 13.2 Å². The maximum atomic E-state index is 12.3. The zero-order valence-electron chi connectivity index (χ0n) is 11.8. The van der Waals surface area contributed by atoms with Crippen LogP contribution in [0.1, 0.15) is 11.1 Å². The van der Waals surface area contributed by atoms with E-state index in [0.717, 1.165) is 5.56 Å².